The van der Waals surface area contributed by atoms with E-state index in [2.05, 4.69) is 9.47 Å². The van der Waals surface area contributed by atoms with Gasteiger partial charge in [0.2, 0.25) is 0 Å². The van der Waals surface area contributed by atoms with Gasteiger partial charge in [-0.2, -0.15) is 17.6 Å². The van der Waals surface area contributed by atoms with Crippen LogP contribution in [0.2, 0.25) is 5.02 Å². The number of ether oxygens (including phenoxy) is 2. The van der Waals surface area contributed by atoms with Crippen LogP contribution in [-0.2, 0) is 6.42 Å². The van der Waals surface area contributed by atoms with Crippen LogP contribution in [0.4, 0.5) is 17.6 Å². The Morgan fingerprint density at radius 2 is 1.63 bits per heavy atom. The van der Waals surface area contributed by atoms with Gasteiger partial charge in [-0.3, -0.25) is 0 Å². The normalized spacial score (nSPS) is 21.0. The standard InChI is InChI=1S/C11H9ClF4O3/c1-5(17)2-6-3-8-9(4-7(6)12)19-11(15,16)10(13,14)18-8/h3-5,17H,2H2,1H3. The molecule has 0 spiro atoms. The van der Waals surface area contributed by atoms with Crippen LogP contribution < -0.4 is 9.47 Å². The van der Waals surface area contributed by atoms with Crippen molar-refractivity contribution in [1.82, 2.24) is 0 Å². The Kier molecular flexibility index (Phi) is 3.30. The Balaban J connectivity index is 2.42. The van der Waals surface area contributed by atoms with Crippen molar-refractivity contribution in [1.29, 1.82) is 0 Å². The van der Waals surface area contributed by atoms with Gasteiger partial charge in [-0.25, -0.2) is 0 Å². The fourth-order valence-electron chi connectivity index (χ4n) is 1.61. The molecule has 0 aromatic heterocycles. The first-order valence-corrected chi connectivity index (χ1v) is 5.64. The molecule has 0 fully saturated rings. The second-order valence-corrected chi connectivity index (χ2v) is 4.59. The Morgan fingerprint density at radius 1 is 1.16 bits per heavy atom. The number of hydrogen-bond acceptors (Lipinski definition) is 3. The van der Waals surface area contributed by atoms with Gasteiger partial charge in [0.25, 0.3) is 0 Å². The van der Waals surface area contributed by atoms with Crippen LogP contribution in [0, 0.1) is 0 Å². The van der Waals surface area contributed by atoms with E-state index in [1.165, 1.54) is 6.92 Å². The fraction of sp³-hybridized carbons (Fsp3) is 0.455. The molecule has 1 aliphatic heterocycles. The van der Waals surface area contributed by atoms with Gasteiger partial charge in [0.05, 0.1) is 6.10 Å². The summed E-state index contributed by atoms with van der Waals surface area (Å²) in [5.41, 5.74) is 0.292. The summed E-state index contributed by atoms with van der Waals surface area (Å²) in [4.78, 5) is 0. The van der Waals surface area contributed by atoms with Crippen molar-refractivity contribution < 1.29 is 32.1 Å². The second-order valence-electron chi connectivity index (χ2n) is 4.18. The molecule has 1 heterocycles. The fourth-order valence-corrected chi connectivity index (χ4v) is 1.84. The third-order valence-electron chi connectivity index (χ3n) is 2.44. The number of hydrogen-bond donors (Lipinski definition) is 1. The van der Waals surface area contributed by atoms with Crippen molar-refractivity contribution in [3.8, 4) is 11.5 Å². The lowest BCUT2D eigenvalue weighted by atomic mass is 10.1. The molecule has 2 rings (SSSR count). The molecule has 1 N–H and O–H groups in total. The molecule has 1 aromatic carbocycles. The first-order valence-electron chi connectivity index (χ1n) is 5.26. The molecule has 0 saturated heterocycles. The minimum atomic E-state index is -4.77. The Hall–Kier alpha value is -1.21. The number of benzene rings is 1. The van der Waals surface area contributed by atoms with Crippen molar-refractivity contribution >= 4 is 11.6 Å². The number of rotatable bonds is 2. The van der Waals surface area contributed by atoms with Gasteiger partial charge in [-0.1, -0.05) is 11.6 Å². The molecular weight excluding hydrogens is 292 g/mol. The largest absolute Gasteiger partial charge is 0.507 e. The van der Waals surface area contributed by atoms with Gasteiger partial charge in [0, 0.05) is 11.1 Å². The topological polar surface area (TPSA) is 38.7 Å². The van der Waals surface area contributed by atoms with Gasteiger partial charge in [0.1, 0.15) is 0 Å². The smallest absolute Gasteiger partial charge is 0.421 e. The quantitative estimate of drug-likeness (QED) is 0.852. The summed E-state index contributed by atoms with van der Waals surface area (Å²) >= 11 is 5.79. The summed E-state index contributed by atoms with van der Waals surface area (Å²) in [5, 5.41) is 9.24. The summed E-state index contributed by atoms with van der Waals surface area (Å²) in [6.45, 7) is 1.47. The minimum absolute atomic E-state index is 0.0178. The van der Waals surface area contributed by atoms with Crippen LogP contribution in [0.5, 0.6) is 11.5 Å². The van der Waals surface area contributed by atoms with E-state index in [9.17, 15) is 22.7 Å². The highest BCUT2D eigenvalue weighted by molar-refractivity contribution is 6.31. The van der Waals surface area contributed by atoms with Gasteiger partial charge < -0.3 is 14.6 Å². The van der Waals surface area contributed by atoms with Gasteiger partial charge in [0.15, 0.2) is 11.5 Å². The van der Waals surface area contributed by atoms with Crippen LogP contribution in [0.1, 0.15) is 12.5 Å². The Bertz CT molecular complexity index is 505. The maximum Gasteiger partial charge on any atom is 0.507 e. The Morgan fingerprint density at radius 3 is 2.11 bits per heavy atom. The molecular formula is C11H9ClF4O3. The third kappa shape index (κ3) is 2.57. The molecule has 1 unspecified atom stereocenters. The summed E-state index contributed by atoms with van der Waals surface area (Å²) in [6, 6.07) is 2.01. The molecule has 1 atom stereocenters. The lowest BCUT2D eigenvalue weighted by molar-refractivity contribution is -0.391. The average Bonchev–Trinajstić information content (AvgIpc) is 2.21. The van der Waals surface area contributed by atoms with Gasteiger partial charge >= 0.3 is 12.2 Å². The summed E-state index contributed by atoms with van der Waals surface area (Å²) in [5.74, 6) is -1.12. The van der Waals surface area contributed by atoms with Crippen molar-refractivity contribution in [2.75, 3.05) is 0 Å². The van der Waals surface area contributed by atoms with Crippen LogP contribution in [0.15, 0.2) is 12.1 Å². The van der Waals surface area contributed by atoms with Crippen LogP contribution >= 0.6 is 11.6 Å². The molecule has 0 radical (unpaired) electrons. The molecule has 0 bridgehead atoms. The first kappa shape index (κ1) is 14.2. The van der Waals surface area contributed by atoms with E-state index in [-0.39, 0.29) is 11.4 Å². The zero-order valence-electron chi connectivity index (χ0n) is 9.59. The molecule has 1 aromatic rings. The van der Waals surface area contributed by atoms with E-state index in [0.29, 0.717) is 5.56 Å². The number of alkyl halides is 4. The number of fused-ring (bicyclic) bond motifs is 1. The summed E-state index contributed by atoms with van der Waals surface area (Å²) < 4.78 is 59.7. The monoisotopic (exact) mass is 300 g/mol. The van der Waals surface area contributed by atoms with Crippen molar-refractivity contribution in [3.63, 3.8) is 0 Å². The zero-order valence-corrected chi connectivity index (χ0v) is 10.3. The van der Waals surface area contributed by atoms with Crippen LogP contribution in [0.25, 0.3) is 0 Å². The lowest BCUT2D eigenvalue weighted by Gasteiger charge is -2.32. The van der Waals surface area contributed by atoms with Crippen LogP contribution in [-0.4, -0.2) is 23.4 Å². The third-order valence-corrected chi connectivity index (χ3v) is 2.80. The molecule has 8 heteroatoms. The van der Waals surface area contributed by atoms with E-state index in [0.717, 1.165) is 12.1 Å². The highest BCUT2D eigenvalue weighted by atomic mass is 35.5. The lowest BCUT2D eigenvalue weighted by Crippen LogP contribution is -2.52. The summed E-state index contributed by atoms with van der Waals surface area (Å²) in [6.07, 6.45) is -10.2. The maximum absolute atomic E-state index is 13.0. The number of aliphatic hydroxyl groups excluding tert-OH is 1. The zero-order chi connectivity index (χ0) is 14.4. The predicted molar refractivity (Wildman–Crippen MR) is 58.0 cm³/mol. The van der Waals surface area contributed by atoms with Crippen LogP contribution in [0.3, 0.4) is 0 Å². The molecule has 106 valence electrons. The first-order chi connectivity index (χ1) is 8.62. The van der Waals surface area contributed by atoms with Gasteiger partial charge in [-0.05, 0) is 25.0 Å². The highest BCUT2D eigenvalue weighted by Gasteiger charge is 2.66. The van der Waals surface area contributed by atoms with E-state index < -0.39 is 29.8 Å². The summed E-state index contributed by atoms with van der Waals surface area (Å²) in [7, 11) is 0. The Labute approximate surface area is 110 Å². The van der Waals surface area contributed by atoms with E-state index in [1.807, 2.05) is 0 Å². The molecule has 3 nitrogen and oxygen atoms in total. The molecule has 0 amide bonds. The average molecular weight is 301 g/mol. The van der Waals surface area contributed by atoms with Gasteiger partial charge in [-0.15, -0.1) is 0 Å². The van der Waals surface area contributed by atoms with E-state index >= 15 is 0 Å². The van der Waals surface area contributed by atoms with Crippen molar-refractivity contribution in [2.24, 2.45) is 0 Å². The molecule has 19 heavy (non-hydrogen) atoms. The minimum Gasteiger partial charge on any atom is -0.421 e. The van der Waals surface area contributed by atoms with E-state index in [4.69, 9.17) is 11.6 Å². The van der Waals surface area contributed by atoms with Crippen molar-refractivity contribution in [3.05, 3.63) is 22.7 Å². The maximum atomic E-state index is 13.0. The molecule has 0 aliphatic carbocycles. The number of aliphatic hydroxyl groups is 1. The molecule has 0 saturated carbocycles. The second kappa shape index (κ2) is 4.42. The predicted octanol–water partition coefficient (Wildman–Crippen LogP) is 3.22. The van der Waals surface area contributed by atoms with Crippen molar-refractivity contribution in [2.45, 2.75) is 31.7 Å². The molecule has 1 aliphatic rings. The van der Waals surface area contributed by atoms with E-state index in [1.54, 1.807) is 0 Å². The number of halogens is 5. The SMILES string of the molecule is CC(O)Cc1cc2c(cc1Cl)OC(F)(F)C(F)(F)O2. The highest BCUT2D eigenvalue weighted by Crippen LogP contribution is 2.48.